The first kappa shape index (κ1) is 17.7. The predicted octanol–water partition coefficient (Wildman–Crippen LogP) is 3.03. The highest BCUT2D eigenvalue weighted by atomic mass is 79.9. The summed E-state index contributed by atoms with van der Waals surface area (Å²) < 4.78 is 0. The van der Waals surface area contributed by atoms with Crippen LogP contribution in [0.15, 0.2) is 30.3 Å². The molecule has 0 radical (unpaired) electrons. The van der Waals surface area contributed by atoms with Crippen molar-refractivity contribution in [2.45, 2.75) is 26.2 Å². The first-order valence-corrected chi connectivity index (χ1v) is 8.26. The Kier molecular flexibility index (Phi) is 7.43. The molecule has 21 heavy (non-hydrogen) atoms. The fraction of sp³-hybridized carbons (Fsp3) is 0.500. The summed E-state index contributed by atoms with van der Waals surface area (Å²) in [7, 11) is 0. The molecule has 3 unspecified atom stereocenters. The first-order valence-electron chi connectivity index (χ1n) is 7.14. The highest BCUT2D eigenvalue weighted by molar-refractivity contribution is 9.09. The summed E-state index contributed by atoms with van der Waals surface area (Å²) in [6, 6.07) is 9.64. The van der Waals surface area contributed by atoms with E-state index in [1.807, 2.05) is 37.3 Å². The normalized spacial score (nSPS) is 15.0. The second kappa shape index (κ2) is 8.82. The van der Waals surface area contributed by atoms with Crippen LogP contribution in [0, 0.1) is 11.8 Å². The van der Waals surface area contributed by atoms with Gasteiger partial charge in [-0.25, -0.2) is 0 Å². The van der Waals surface area contributed by atoms with Crippen molar-refractivity contribution in [3.63, 3.8) is 0 Å². The van der Waals surface area contributed by atoms with E-state index >= 15 is 0 Å². The van der Waals surface area contributed by atoms with Gasteiger partial charge in [0.1, 0.15) is 0 Å². The summed E-state index contributed by atoms with van der Waals surface area (Å²) in [5.41, 5.74) is 1.01. The van der Waals surface area contributed by atoms with Gasteiger partial charge >= 0.3 is 5.97 Å². The summed E-state index contributed by atoms with van der Waals surface area (Å²) in [4.78, 5) is 23.8. The molecule has 1 aromatic carbocycles. The Hall–Kier alpha value is -1.36. The molecule has 0 spiro atoms. The van der Waals surface area contributed by atoms with Crippen molar-refractivity contribution in [1.82, 2.24) is 5.32 Å². The summed E-state index contributed by atoms with van der Waals surface area (Å²) >= 11 is 3.26. The molecule has 0 aliphatic carbocycles. The van der Waals surface area contributed by atoms with Crippen molar-refractivity contribution in [2.24, 2.45) is 11.8 Å². The van der Waals surface area contributed by atoms with Crippen molar-refractivity contribution in [3.8, 4) is 0 Å². The Morgan fingerprint density at radius 3 is 2.38 bits per heavy atom. The van der Waals surface area contributed by atoms with Gasteiger partial charge in [0, 0.05) is 11.9 Å². The summed E-state index contributed by atoms with van der Waals surface area (Å²) in [6.07, 6.45) is 0.716. The molecule has 0 saturated heterocycles. The molecule has 0 saturated carbocycles. The smallest absolute Gasteiger partial charge is 0.307 e. The Balaban J connectivity index is 3.08. The van der Waals surface area contributed by atoms with Crippen LogP contribution in [-0.2, 0) is 9.59 Å². The summed E-state index contributed by atoms with van der Waals surface area (Å²) in [6.45, 7) is 4.08. The standard InChI is InChI=1S/C16H22BrNO3/c1-3-13(12-7-5-4-6-8-12)14(11(2)16(20)21)15(19)18-10-9-17/h4-8,11,13-14H,3,9-10H2,1-2H3,(H,18,19)(H,20,21). The summed E-state index contributed by atoms with van der Waals surface area (Å²) in [5, 5.41) is 12.8. The number of carbonyl (C=O) groups is 2. The van der Waals surface area contributed by atoms with Gasteiger partial charge in [0.2, 0.25) is 5.91 Å². The van der Waals surface area contributed by atoms with Crippen LogP contribution in [0.3, 0.4) is 0 Å². The zero-order chi connectivity index (χ0) is 15.8. The van der Waals surface area contributed by atoms with Gasteiger partial charge in [0.25, 0.3) is 0 Å². The Bertz CT molecular complexity index is 464. The Morgan fingerprint density at radius 2 is 1.90 bits per heavy atom. The minimum atomic E-state index is -0.941. The molecule has 3 atom stereocenters. The number of alkyl halides is 1. The van der Waals surface area contributed by atoms with Crippen molar-refractivity contribution in [1.29, 1.82) is 0 Å². The number of halogens is 1. The van der Waals surface area contributed by atoms with Crippen molar-refractivity contribution < 1.29 is 14.7 Å². The molecule has 0 aliphatic rings. The van der Waals surface area contributed by atoms with Gasteiger partial charge in [0.15, 0.2) is 0 Å². The van der Waals surface area contributed by atoms with Crippen molar-refractivity contribution >= 4 is 27.8 Å². The largest absolute Gasteiger partial charge is 0.481 e. The van der Waals surface area contributed by atoms with Crippen LogP contribution in [0.1, 0.15) is 31.7 Å². The second-order valence-electron chi connectivity index (χ2n) is 5.06. The highest BCUT2D eigenvalue weighted by Crippen LogP contribution is 2.33. The number of hydrogen-bond acceptors (Lipinski definition) is 2. The van der Waals surface area contributed by atoms with Gasteiger partial charge < -0.3 is 10.4 Å². The quantitative estimate of drug-likeness (QED) is 0.704. The van der Waals surface area contributed by atoms with E-state index in [0.717, 1.165) is 5.56 Å². The van der Waals surface area contributed by atoms with Crippen LogP contribution in [0.25, 0.3) is 0 Å². The SMILES string of the molecule is CCC(c1ccccc1)C(C(=O)NCCBr)C(C)C(=O)O. The maximum Gasteiger partial charge on any atom is 0.307 e. The lowest BCUT2D eigenvalue weighted by molar-refractivity contribution is -0.147. The highest BCUT2D eigenvalue weighted by Gasteiger charge is 2.36. The predicted molar refractivity (Wildman–Crippen MR) is 86.6 cm³/mol. The van der Waals surface area contributed by atoms with Gasteiger partial charge in [-0.05, 0) is 17.9 Å². The molecule has 0 aliphatic heterocycles. The van der Waals surface area contributed by atoms with Crippen LogP contribution < -0.4 is 5.32 Å². The van der Waals surface area contributed by atoms with E-state index in [0.29, 0.717) is 18.3 Å². The Labute approximate surface area is 134 Å². The lowest BCUT2D eigenvalue weighted by Gasteiger charge is -2.28. The Morgan fingerprint density at radius 1 is 1.29 bits per heavy atom. The molecule has 1 rings (SSSR count). The lowest BCUT2D eigenvalue weighted by Crippen LogP contribution is -2.41. The van der Waals surface area contributed by atoms with E-state index in [1.54, 1.807) is 6.92 Å². The number of nitrogens with one attached hydrogen (secondary N) is 1. The number of carboxylic acid groups (broad SMARTS) is 1. The zero-order valence-electron chi connectivity index (χ0n) is 12.4. The number of benzene rings is 1. The molecular formula is C16H22BrNO3. The van der Waals surface area contributed by atoms with E-state index in [4.69, 9.17) is 0 Å². The molecule has 0 heterocycles. The fourth-order valence-electron chi connectivity index (χ4n) is 2.60. The van der Waals surface area contributed by atoms with Crippen LogP contribution in [0.2, 0.25) is 0 Å². The molecule has 0 aromatic heterocycles. The van der Waals surface area contributed by atoms with Crippen LogP contribution in [0.5, 0.6) is 0 Å². The molecular weight excluding hydrogens is 334 g/mol. The van der Waals surface area contributed by atoms with E-state index in [-0.39, 0.29) is 11.8 Å². The molecule has 1 amide bonds. The van der Waals surface area contributed by atoms with Gasteiger partial charge in [-0.3, -0.25) is 9.59 Å². The zero-order valence-corrected chi connectivity index (χ0v) is 14.0. The van der Waals surface area contributed by atoms with E-state index in [2.05, 4.69) is 21.2 Å². The first-order chi connectivity index (χ1) is 10.0. The molecule has 0 bridgehead atoms. The molecule has 2 N–H and O–H groups in total. The lowest BCUT2D eigenvalue weighted by atomic mass is 9.76. The average molecular weight is 356 g/mol. The van der Waals surface area contributed by atoms with E-state index in [1.165, 1.54) is 0 Å². The van der Waals surface area contributed by atoms with Gasteiger partial charge in [-0.2, -0.15) is 0 Å². The average Bonchev–Trinajstić information content (AvgIpc) is 2.50. The number of aliphatic carboxylic acids is 1. The third kappa shape index (κ3) is 4.84. The number of carbonyl (C=O) groups excluding carboxylic acids is 1. The topological polar surface area (TPSA) is 66.4 Å². The monoisotopic (exact) mass is 355 g/mol. The van der Waals surface area contributed by atoms with E-state index in [9.17, 15) is 14.7 Å². The second-order valence-corrected chi connectivity index (χ2v) is 5.85. The third-order valence-corrected chi connectivity index (χ3v) is 4.12. The molecule has 5 heteroatoms. The number of rotatable bonds is 8. The molecule has 0 fully saturated rings. The fourth-order valence-corrected chi connectivity index (χ4v) is 2.80. The molecule has 4 nitrogen and oxygen atoms in total. The number of amides is 1. The third-order valence-electron chi connectivity index (χ3n) is 3.73. The molecule has 116 valence electrons. The number of hydrogen-bond donors (Lipinski definition) is 2. The van der Waals surface area contributed by atoms with Gasteiger partial charge in [-0.15, -0.1) is 0 Å². The maximum absolute atomic E-state index is 12.4. The van der Waals surface area contributed by atoms with Crippen molar-refractivity contribution in [3.05, 3.63) is 35.9 Å². The van der Waals surface area contributed by atoms with Gasteiger partial charge in [-0.1, -0.05) is 60.1 Å². The number of carboxylic acids is 1. The molecule has 1 aromatic rings. The van der Waals surface area contributed by atoms with Crippen LogP contribution in [-0.4, -0.2) is 28.9 Å². The minimum absolute atomic E-state index is 0.104. The summed E-state index contributed by atoms with van der Waals surface area (Å²) in [5.74, 6) is -2.55. The minimum Gasteiger partial charge on any atom is -0.481 e. The maximum atomic E-state index is 12.4. The van der Waals surface area contributed by atoms with Gasteiger partial charge in [0.05, 0.1) is 11.8 Å². The van der Waals surface area contributed by atoms with Crippen molar-refractivity contribution in [2.75, 3.05) is 11.9 Å². The van der Waals surface area contributed by atoms with E-state index < -0.39 is 17.8 Å². The van der Waals surface area contributed by atoms with Crippen LogP contribution in [0.4, 0.5) is 0 Å². The van der Waals surface area contributed by atoms with Crippen LogP contribution >= 0.6 is 15.9 Å².